The number of sulfonamides is 1. The molecule has 0 spiro atoms. The molecule has 138 valence electrons. The molecule has 0 aliphatic carbocycles. The second-order valence-electron chi connectivity index (χ2n) is 5.67. The number of fused-ring (bicyclic) bond motifs is 1. The zero-order valence-electron chi connectivity index (χ0n) is 14.0. The number of anilines is 1. The van der Waals surface area contributed by atoms with Gasteiger partial charge in [0, 0.05) is 5.02 Å². The van der Waals surface area contributed by atoms with Gasteiger partial charge in [-0.2, -0.15) is 0 Å². The third-order valence-electron chi connectivity index (χ3n) is 4.01. The topological polar surface area (TPSA) is 93.1 Å². The summed E-state index contributed by atoms with van der Waals surface area (Å²) in [6.45, 7) is 1.84. The van der Waals surface area contributed by atoms with Gasteiger partial charge < -0.3 is 14.6 Å². The summed E-state index contributed by atoms with van der Waals surface area (Å²) >= 11 is 5.97. The zero-order chi connectivity index (χ0) is 19.1. The Morgan fingerprint density at radius 2 is 2.04 bits per heavy atom. The summed E-state index contributed by atoms with van der Waals surface area (Å²) in [7, 11) is -2.69. The van der Waals surface area contributed by atoms with Gasteiger partial charge in [-0.3, -0.25) is 4.31 Å². The van der Waals surface area contributed by atoms with E-state index in [1.54, 1.807) is 6.92 Å². The fourth-order valence-corrected chi connectivity index (χ4v) is 4.69. The fourth-order valence-electron chi connectivity index (χ4n) is 2.82. The number of rotatable bonds is 4. The quantitative estimate of drug-likeness (QED) is 0.852. The summed E-state index contributed by atoms with van der Waals surface area (Å²) in [5.41, 5.74) is 0.693. The molecular formula is C17H16ClNO6S. The molecule has 1 heterocycles. The number of carbonyl (C=O) groups is 1. The average Bonchev–Trinajstić information content (AvgIpc) is 2.61. The third-order valence-corrected chi connectivity index (χ3v) is 6.07. The Morgan fingerprint density at radius 1 is 1.31 bits per heavy atom. The average molecular weight is 398 g/mol. The summed E-state index contributed by atoms with van der Waals surface area (Å²) < 4.78 is 38.4. The Balaban J connectivity index is 2.21. The van der Waals surface area contributed by atoms with Crippen LogP contribution in [0, 0.1) is 6.92 Å². The molecule has 0 saturated heterocycles. The van der Waals surface area contributed by atoms with Gasteiger partial charge in [0.2, 0.25) is 0 Å². The predicted octanol–water partition coefficient (Wildman–Crippen LogP) is 2.94. The molecule has 0 bridgehead atoms. The van der Waals surface area contributed by atoms with Crippen LogP contribution in [0.4, 0.5) is 5.69 Å². The molecule has 0 aromatic heterocycles. The summed E-state index contributed by atoms with van der Waals surface area (Å²) in [5.74, 6) is -0.668. The smallest absolute Gasteiger partial charge is 0.335 e. The van der Waals surface area contributed by atoms with Gasteiger partial charge >= 0.3 is 5.97 Å². The molecule has 1 N–H and O–H groups in total. The van der Waals surface area contributed by atoms with Crippen molar-refractivity contribution < 1.29 is 27.8 Å². The van der Waals surface area contributed by atoms with E-state index < -0.39 is 16.0 Å². The largest absolute Gasteiger partial charge is 0.495 e. The first-order valence-electron chi connectivity index (χ1n) is 7.62. The van der Waals surface area contributed by atoms with E-state index in [-0.39, 0.29) is 40.1 Å². The maximum absolute atomic E-state index is 13.3. The van der Waals surface area contributed by atoms with Gasteiger partial charge in [0.1, 0.15) is 23.0 Å². The molecule has 0 fully saturated rings. The van der Waals surface area contributed by atoms with Crippen LogP contribution < -0.4 is 13.8 Å². The molecule has 0 atom stereocenters. The van der Waals surface area contributed by atoms with E-state index in [1.165, 1.54) is 37.4 Å². The van der Waals surface area contributed by atoms with E-state index in [0.717, 1.165) is 4.31 Å². The van der Waals surface area contributed by atoms with Crippen molar-refractivity contribution >= 4 is 33.3 Å². The second kappa shape index (κ2) is 6.69. The molecule has 0 unspecified atom stereocenters. The first-order chi connectivity index (χ1) is 12.3. The molecule has 1 aliphatic heterocycles. The molecule has 1 aliphatic rings. The predicted molar refractivity (Wildman–Crippen MR) is 96.2 cm³/mol. The van der Waals surface area contributed by atoms with Crippen LogP contribution in [0.5, 0.6) is 11.5 Å². The van der Waals surface area contributed by atoms with Crippen molar-refractivity contribution in [2.45, 2.75) is 11.8 Å². The van der Waals surface area contributed by atoms with Gasteiger partial charge in [-0.1, -0.05) is 11.6 Å². The third kappa shape index (κ3) is 3.06. The minimum Gasteiger partial charge on any atom is -0.495 e. The molecule has 7 nitrogen and oxygen atoms in total. The van der Waals surface area contributed by atoms with Crippen LogP contribution in [-0.4, -0.2) is 39.8 Å². The Labute approximate surface area is 155 Å². The van der Waals surface area contributed by atoms with Crippen LogP contribution >= 0.6 is 11.6 Å². The number of carboxylic acid groups (broad SMARTS) is 1. The van der Waals surface area contributed by atoms with E-state index in [4.69, 9.17) is 21.1 Å². The number of benzene rings is 2. The van der Waals surface area contributed by atoms with E-state index in [9.17, 15) is 18.3 Å². The van der Waals surface area contributed by atoms with Crippen LogP contribution in [0.2, 0.25) is 5.02 Å². The maximum atomic E-state index is 13.3. The Bertz CT molecular complexity index is 989. The van der Waals surface area contributed by atoms with Crippen molar-refractivity contribution in [3.63, 3.8) is 0 Å². The van der Waals surface area contributed by atoms with Gasteiger partial charge in [-0.25, -0.2) is 13.2 Å². The van der Waals surface area contributed by atoms with Gasteiger partial charge in [-0.15, -0.1) is 0 Å². The van der Waals surface area contributed by atoms with Crippen LogP contribution in [0.25, 0.3) is 0 Å². The number of nitrogens with zero attached hydrogens (tertiary/aromatic N) is 1. The Morgan fingerprint density at radius 3 is 2.69 bits per heavy atom. The maximum Gasteiger partial charge on any atom is 0.335 e. The minimum absolute atomic E-state index is 0.0231. The highest BCUT2D eigenvalue weighted by Crippen LogP contribution is 2.40. The number of carboxylic acids is 1. The highest BCUT2D eigenvalue weighted by Gasteiger charge is 2.34. The lowest BCUT2D eigenvalue weighted by atomic mass is 10.1. The summed E-state index contributed by atoms with van der Waals surface area (Å²) in [6.07, 6.45) is 0. The van der Waals surface area contributed by atoms with Crippen LogP contribution in [0.15, 0.2) is 35.2 Å². The van der Waals surface area contributed by atoms with Gasteiger partial charge in [-0.05, 0) is 42.8 Å². The molecular weight excluding hydrogens is 382 g/mol. The van der Waals surface area contributed by atoms with Crippen LogP contribution in [0.1, 0.15) is 15.9 Å². The van der Waals surface area contributed by atoms with Crippen LogP contribution in [-0.2, 0) is 10.0 Å². The SMILES string of the molecule is COc1ccc(Cl)cc1S(=O)(=O)N1CCOc2c(C)cc(C(=O)O)cc21. The minimum atomic E-state index is -4.05. The molecule has 9 heteroatoms. The normalized spacial score (nSPS) is 13.7. The number of hydrogen-bond acceptors (Lipinski definition) is 5. The highest BCUT2D eigenvalue weighted by molar-refractivity contribution is 7.93. The van der Waals surface area contributed by atoms with Crippen molar-refractivity contribution in [2.24, 2.45) is 0 Å². The lowest BCUT2D eigenvalue weighted by molar-refractivity contribution is 0.0696. The highest BCUT2D eigenvalue weighted by atomic mass is 35.5. The lowest BCUT2D eigenvalue weighted by Crippen LogP contribution is -2.38. The standard InChI is InChI=1S/C17H16ClNO6S/c1-10-7-11(17(20)21)8-13-16(10)25-6-5-19(13)26(22,23)15-9-12(18)3-4-14(15)24-2/h3-4,7-9H,5-6H2,1-2H3,(H,20,21). The van der Waals surface area contributed by atoms with Crippen molar-refractivity contribution in [2.75, 3.05) is 24.6 Å². The number of ether oxygens (including phenoxy) is 2. The first kappa shape index (κ1) is 18.3. The van der Waals surface area contributed by atoms with Gasteiger partial charge in [0.15, 0.2) is 0 Å². The van der Waals surface area contributed by atoms with E-state index in [2.05, 4.69) is 0 Å². The summed E-state index contributed by atoms with van der Waals surface area (Å²) in [4.78, 5) is 11.3. The van der Waals surface area contributed by atoms with E-state index >= 15 is 0 Å². The number of aromatic carboxylic acids is 1. The molecule has 2 aromatic carbocycles. The number of aryl methyl sites for hydroxylation is 1. The number of halogens is 1. The van der Waals surface area contributed by atoms with Crippen molar-refractivity contribution in [3.8, 4) is 11.5 Å². The molecule has 0 radical (unpaired) electrons. The van der Waals surface area contributed by atoms with E-state index in [1.807, 2.05) is 0 Å². The lowest BCUT2D eigenvalue weighted by Gasteiger charge is -2.32. The van der Waals surface area contributed by atoms with E-state index in [0.29, 0.717) is 11.3 Å². The number of methoxy groups -OCH3 is 1. The molecule has 3 rings (SSSR count). The van der Waals surface area contributed by atoms with Crippen LogP contribution in [0.3, 0.4) is 0 Å². The van der Waals surface area contributed by atoms with Gasteiger partial charge in [0.05, 0.1) is 24.9 Å². The van der Waals surface area contributed by atoms with Crippen molar-refractivity contribution in [3.05, 3.63) is 46.5 Å². The summed E-state index contributed by atoms with van der Waals surface area (Å²) in [6, 6.07) is 7.03. The number of hydrogen-bond donors (Lipinski definition) is 1. The molecule has 2 aromatic rings. The second-order valence-corrected chi connectivity index (χ2v) is 7.93. The Hall–Kier alpha value is -2.45. The molecule has 0 saturated carbocycles. The zero-order valence-corrected chi connectivity index (χ0v) is 15.6. The molecule has 0 amide bonds. The van der Waals surface area contributed by atoms with Crippen molar-refractivity contribution in [1.82, 2.24) is 0 Å². The Kier molecular flexibility index (Phi) is 4.72. The molecule has 26 heavy (non-hydrogen) atoms. The fraction of sp³-hybridized carbons (Fsp3) is 0.235. The first-order valence-corrected chi connectivity index (χ1v) is 9.44. The monoisotopic (exact) mass is 397 g/mol. The summed E-state index contributed by atoms with van der Waals surface area (Å²) in [5, 5.41) is 9.53. The van der Waals surface area contributed by atoms with Gasteiger partial charge in [0.25, 0.3) is 10.0 Å². The van der Waals surface area contributed by atoms with Crippen molar-refractivity contribution in [1.29, 1.82) is 0 Å².